The van der Waals surface area contributed by atoms with Gasteiger partial charge in [-0.05, 0) is 80.0 Å². The predicted molar refractivity (Wildman–Crippen MR) is 130 cm³/mol. The van der Waals surface area contributed by atoms with E-state index in [-0.39, 0.29) is 5.41 Å². The second kappa shape index (κ2) is 9.49. The predicted octanol–water partition coefficient (Wildman–Crippen LogP) is 8.13. The third kappa shape index (κ3) is 3.95. The summed E-state index contributed by atoms with van der Waals surface area (Å²) >= 11 is 0. The normalized spacial score (nSPS) is 22.6. The van der Waals surface area contributed by atoms with Gasteiger partial charge >= 0.3 is 0 Å². The van der Waals surface area contributed by atoms with Gasteiger partial charge in [-0.3, -0.25) is 0 Å². The first-order chi connectivity index (χ1) is 15.7. The first-order valence-corrected chi connectivity index (χ1v) is 13.1. The monoisotopic (exact) mass is 430 g/mol. The van der Waals surface area contributed by atoms with Crippen LogP contribution in [0.2, 0.25) is 0 Å². The Balaban J connectivity index is 1.69. The second-order valence-electron chi connectivity index (χ2n) is 10.4. The van der Waals surface area contributed by atoms with E-state index in [1.165, 1.54) is 67.2 Å². The summed E-state index contributed by atoms with van der Waals surface area (Å²) in [6.07, 6.45) is 20.5. The number of phenolic OH excluding ortho intramolecular Hbond substituents is 2. The molecule has 3 aliphatic rings. The molecule has 2 radical (unpaired) electrons. The highest BCUT2D eigenvalue weighted by atomic mass is 16.3. The summed E-state index contributed by atoms with van der Waals surface area (Å²) in [5.41, 5.74) is 4.51. The molecule has 0 atom stereocenters. The Morgan fingerprint density at radius 3 is 1.56 bits per heavy atom. The molecule has 0 aromatic heterocycles. The molecule has 2 nitrogen and oxygen atoms in total. The van der Waals surface area contributed by atoms with Crippen LogP contribution >= 0.6 is 0 Å². The average Bonchev–Trinajstić information content (AvgIpc) is 2.85. The van der Waals surface area contributed by atoms with Crippen molar-refractivity contribution in [3.8, 4) is 11.5 Å². The molecule has 0 saturated heterocycles. The number of phenols is 2. The Morgan fingerprint density at radius 1 is 0.625 bits per heavy atom. The molecule has 5 rings (SSSR count). The molecule has 3 fully saturated rings. The van der Waals surface area contributed by atoms with Gasteiger partial charge in [0, 0.05) is 16.5 Å². The van der Waals surface area contributed by atoms with Crippen LogP contribution in [0.5, 0.6) is 11.5 Å². The lowest BCUT2D eigenvalue weighted by Crippen LogP contribution is -2.34. The SMILES string of the molecule is Oc1cccc(C2(c3cccc(O)c3C3CCCCC3)[C]CCCC2)c1C1CCCCC1. The van der Waals surface area contributed by atoms with Gasteiger partial charge in [-0.1, -0.05) is 75.6 Å². The zero-order valence-electron chi connectivity index (χ0n) is 19.4. The summed E-state index contributed by atoms with van der Waals surface area (Å²) in [7, 11) is 0. The van der Waals surface area contributed by atoms with Crippen LogP contribution in [0, 0.1) is 6.42 Å². The maximum atomic E-state index is 11.1. The lowest BCUT2D eigenvalue weighted by molar-refractivity contribution is 0.378. The van der Waals surface area contributed by atoms with Crippen LogP contribution < -0.4 is 0 Å². The average molecular weight is 431 g/mol. The molecule has 0 spiro atoms. The Morgan fingerprint density at radius 2 is 1.12 bits per heavy atom. The molecule has 2 N–H and O–H groups in total. The zero-order chi connectivity index (χ0) is 22.0. The molecule has 0 unspecified atom stereocenters. The van der Waals surface area contributed by atoms with Crippen molar-refractivity contribution in [2.24, 2.45) is 0 Å². The van der Waals surface area contributed by atoms with Gasteiger partial charge in [0.25, 0.3) is 0 Å². The lowest BCUT2D eigenvalue weighted by atomic mass is 9.60. The highest BCUT2D eigenvalue weighted by molar-refractivity contribution is 5.57. The van der Waals surface area contributed by atoms with Crippen LogP contribution in [0.15, 0.2) is 36.4 Å². The van der Waals surface area contributed by atoms with Gasteiger partial charge in [0.2, 0.25) is 0 Å². The maximum absolute atomic E-state index is 11.1. The van der Waals surface area contributed by atoms with E-state index in [9.17, 15) is 10.2 Å². The molecule has 0 aliphatic heterocycles. The summed E-state index contributed by atoms with van der Waals surface area (Å²) in [6, 6.07) is 12.3. The standard InChI is InChI=1S/C30H38O2/c31-26-18-10-16-24(28(26)22-12-4-1-5-13-22)30(20-8-3-9-21-30)25-17-11-19-27(32)29(25)23-14-6-2-7-15-23/h10-11,16-19,22-23,31-32H,1-9,12-15,20H2. The zero-order valence-corrected chi connectivity index (χ0v) is 19.4. The third-order valence-electron chi connectivity index (χ3n) is 8.52. The Hall–Kier alpha value is -1.96. The van der Waals surface area contributed by atoms with Crippen LogP contribution in [-0.2, 0) is 5.41 Å². The van der Waals surface area contributed by atoms with Crippen LogP contribution in [0.1, 0.15) is 124 Å². The Bertz CT molecular complexity index is 843. The summed E-state index contributed by atoms with van der Waals surface area (Å²) < 4.78 is 0. The summed E-state index contributed by atoms with van der Waals surface area (Å²) in [5, 5.41) is 22.3. The minimum atomic E-state index is -0.338. The van der Waals surface area contributed by atoms with Gasteiger partial charge in [-0.25, -0.2) is 0 Å². The molecule has 3 saturated carbocycles. The minimum Gasteiger partial charge on any atom is -0.508 e. The van der Waals surface area contributed by atoms with E-state index >= 15 is 0 Å². The van der Waals surface area contributed by atoms with E-state index in [1.807, 2.05) is 24.3 Å². The molecule has 0 amide bonds. The van der Waals surface area contributed by atoms with E-state index in [2.05, 4.69) is 18.6 Å². The van der Waals surface area contributed by atoms with Crippen molar-refractivity contribution in [3.63, 3.8) is 0 Å². The third-order valence-corrected chi connectivity index (χ3v) is 8.52. The number of hydrogen-bond donors (Lipinski definition) is 2. The largest absolute Gasteiger partial charge is 0.508 e. The van der Waals surface area contributed by atoms with Gasteiger partial charge in [-0.15, -0.1) is 0 Å². The van der Waals surface area contributed by atoms with Crippen molar-refractivity contribution in [2.75, 3.05) is 0 Å². The Labute approximate surface area is 194 Å². The fraction of sp³-hybridized carbons (Fsp3) is 0.567. The first kappa shape index (κ1) is 21.9. The molecule has 32 heavy (non-hydrogen) atoms. The summed E-state index contributed by atoms with van der Waals surface area (Å²) in [5.74, 6) is 1.77. The van der Waals surface area contributed by atoms with Crippen LogP contribution in [0.3, 0.4) is 0 Å². The van der Waals surface area contributed by atoms with E-state index < -0.39 is 0 Å². The molecule has 2 heteroatoms. The van der Waals surface area contributed by atoms with Crippen molar-refractivity contribution in [1.82, 2.24) is 0 Å². The highest BCUT2D eigenvalue weighted by Gasteiger charge is 2.42. The van der Waals surface area contributed by atoms with Gasteiger partial charge in [0.15, 0.2) is 0 Å². The van der Waals surface area contributed by atoms with Crippen LogP contribution in [0.4, 0.5) is 0 Å². The molecular formula is C30H38O2. The molecule has 2 aromatic rings. The minimum absolute atomic E-state index is 0.338. The summed E-state index contributed by atoms with van der Waals surface area (Å²) in [4.78, 5) is 0. The number of rotatable bonds is 4. The van der Waals surface area contributed by atoms with Crippen molar-refractivity contribution in [3.05, 3.63) is 65.1 Å². The quantitative estimate of drug-likeness (QED) is 0.514. The van der Waals surface area contributed by atoms with Crippen LogP contribution in [0.25, 0.3) is 0 Å². The molecule has 170 valence electrons. The number of aromatic hydroxyl groups is 2. The fourth-order valence-electron chi connectivity index (χ4n) is 7.00. The van der Waals surface area contributed by atoms with Gasteiger partial charge < -0.3 is 10.2 Å². The van der Waals surface area contributed by atoms with Crippen molar-refractivity contribution in [2.45, 2.75) is 107 Å². The molecular weight excluding hydrogens is 392 g/mol. The fourth-order valence-corrected chi connectivity index (χ4v) is 7.00. The molecule has 3 aliphatic carbocycles. The molecule has 0 bridgehead atoms. The van der Waals surface area contributed by atoms with Crippen molar-refractivity contribution in [1.29, 1.82) is 0 Å². The van der Waals surface area contributed by atoms with Crippen molar-refractivity contribution >= 4 is 0 Å². The first-order valence-electron chi connectivity index (χ1n) is 13.1. The van der Waals surface area contributed by atoms with Gasteiger partial charge in [-0.2, -0.15) is 0 Å². The van der Waals surface area contributed by atoms with Gasteiger partial charge in [0.1, 0.15) is 11.5 Å². The summed E-state index contributed by atoms with van der Waals surface area (Å²) in [6.45, 7) is 0. The van der Waals surface area contributed by atoms with Gasteiger partial charge in [0.05, 0.1) is 0 Å². The van der Waals surface area contributed by atoms with Crippen molar-refractivity contribution < 1.29 is 10.2 Å². The smallest absolute Gasteiger partial charge is 0.119 e. The highest BCUT2D eigenvalue weighted by Crippen LogP contribution is 2.53. The van der Waals surface area contributed by atoms with E-state index in [1.54, 1.807) is 0 Å². The molecule has 2 aromatic carbocycles. The number of hydrogen-bond acceptors (Lipinski definition) is 2. The van der Waals surface area contributed by atoms with E-state index in [0.717, 1.165) is 44.9 Å². The molecule has 0 heterocycles. The van der Waals surface area contributed by atoms with E-state index in [4.69, 9.17) is 0 Å². The Kier molecular flexibility index (Phi) is 6.49. The lowest BCUT2D eigenvalue weighted by Gasteiger charge is -2.43. The second-order valence-corrected chi connectivity index (χ2v) is 10.4. The topological polar surface area (TPSA) is 40.5 Å². The van der Waals surface area contributed by atoms with Crippen LogP contribution in [-0.4, -0.2) is 10.2 Å². The number of benzene rings is 2. The van der Waals surface area contributed by atoms with E-state index in [0.29, 0.717) is 23.3 Å². The maximum Gasteiger partial charge on any atom is 0.119 e.